The van der Waals surface area contributed by atoms with Gasteiger partial charge < -0.3 is 14.8 Å². The summed E-state index contributed by atoms with van der Waals surface area (Å²) >= 11 is 0. The largest absolute Gasteiger partial charge is 0.378 e. The molecule has 2 rings (SSSR count). The summed E-state index contributed by atoms with van der Waals surface area (Å²) < 4.78 is 11.6. The highest BCUT2D eigenvalue weighted by Crippen LogP contribution is 2.15. The van der Waals surface area contributed by atoms with Crippen molar-refractivity contribution in [1.82, 2.24) is 10.2 Å². The third-order valence-corrected chi connectivity index (χ3v) is 4.19. The molecule has 2 aliphatic heterocycles. The fourth-order valence-electron chi connectivity index (χ4n) is 2.90. The highest BCUT2D eigenvalue weighted by atomic mass is 16.5. The van der Waals surface area contributed by atoms with Crippen LogP contribution in [0.15, 0.2) is 0 Å². The van der Waals surface area contributed by atoms with Crippen LogP contribution in [0.25, 0.3) is 0 Å². The Labute approximate surface area is 117 Å². The highest BCUT2D eigenvalue weighted by Gasteiger charge is 2.21. The Balaban J connectivity index is 1.55. The molecule has 2 aliphatic rings. The molecule has 0 aromatic rings. The number of morpholine rings is 1. The molecular weight excluding hydrogens is 240 g/mol. The van der Waals surface area contributed by atoms with Crippen molar-refractivity contribution in [2.75, 3.05) is 39.4 Å². The monoisotopic (exact) mass is 270 g/mol. The zero-order valence-corrected chi connectivity index (χ0v) is 12.6. The minimum absolute atomic E-state index is 0.350. The lowest BCUT2D eigenvalue weighted by Gasteiger charge is -2.35. The number of hydrogen-bond acceptors (Lipinski definition) is 4. The highest BCUT2D eigenvalue weighted by molar-refractivity contribution is 4.76. The maximum atomic E-state index is 5.81. The van der Waals surface area contributed by atoms with Crippen LogP contribution in [-0.4, -0.2) is 62.5 Å². The van der Waals surface area contributed by atoms with E-state index < -0.39 is 0 Å². The van der Waals surface area contributed by atoms with Gasteiger partial charge in [-0.05, 0) is 46.1 Å². The van der Waals surface area contributed by atoms with E-state index in [0.717, 1.165) is 45.8 Å². The van der Waals surface area contributed by atoms with Gasteiger partial charge in [0.2, 0.25) is 0 Å². The molecule has 19 heavy (non-hydrogen) atoms. The van der Waals surface area contributed by atoms with E-state index >= 15 is 0 Å². The van der Waals surface area contributed by atoms with Crippen LogP contribution in [0.1, 0.15) is 39.5 Å². The zero-order valence-electron chi connectivity index (χ0n) is 12.6. The molecular formula is C15H30N2O2. The first-order valence-corrected chi connectivity index (χ1v) is 7.93. The predicted molar refractivity (Wildman–Crippen MR) is 77.5 cm³/mol. The molecule has 2 heterocycles. The number of nitrogens with zero attached hydrogens (tertiary/aromatic N) is 1. The Kier molecular flexibility index (Phi) is 6.57. The van der Waals surface area contributed by atoms with Crippen molar-refractivity contribution >= 4 is 0 Å². The van der Waals surface area contributed by atoms with Crippen LogP contribution in [0.4, 0.5) is 0 Å². The third kappa shape index (κ3) is 5.38. The number of ether oxygens (including phenoxy) is 2. The number of rotatable bonds is 6. The van der Waals surface area contributed by atoms with Gasteiger partial charge in [-0.2, -0.15) is 0 Å². The third-order valence-electron chi connectivity index (χ3n) is 4.19. The first-order valence-electron chi connectivity index (χ1n) is 7.93. The Morgan fingerprint density at radius 2 is 2.00 bits per heavy atom. The van der Waals surface area contributed by atoms with Gasteiger partial charge in [0.1, 0.15) is 0 Å². The van der Waals surface area contributed by atoms with E-state index in [2.05, 4.69) is 24.1 Å². The lowest BCUT2D eigenvalue weighted by atomic mass is 10.1. The van der Waals surface area contributed by atoms with E-state index in [4.69, 9.17) is 9.47 Å². The van der Waals surface area contributed by atoms with Crippen LogP contribution < -0.4 is 5.32 Å². The van der Waals surface area contributed by atoms with Gasteiger partial charge >= 0.3 is 0 Å². The quantitative estimate of drug-likeness (QED) is 0.744. The Morgan fingerprint density at radius 1 is 1.16 bits per heavy atom. The van der Waals surface area contributed by atoms with Gasteiger partial charge in [0, 0.05) is 32.3 Å². The molecule has 112 valence electrons. The second kappa shape index (κ2) is 8.20. The molecule has 2 atom stereocenters. The van der Waals surface area contributed by atoms with E-state index in [9.17, 15) is 0 Å². The Hall–Kier alpha value is -0.160. The minimum Gasteiger partial charge on any atom is -0.378 e. The van der Waals surface area contributed by atoms with Crippen LogP contribution in [0.3, 0.4) is 0 Å². The van der Waals surface area contributed by atoms with Crippen molar-refractivity contribution in [3.63, 3.8) is 0 Å². The van der Waals surface area contributed by atoms with Gasteiger partial charge in [-0.25, -0.2) is 0 Å². The van der Waals surface area contributed by atoms with E-state index in [-0.39, 0.29) is 0 Å². The summed E-state index contributed by atoms with van der Waals surface area (Å²) in [6.45, 7) is 10.5. The molecule has 0 aromatic heterocycles. The lowest BCUT2D eigenvalue weighted by molar-refractivity contribution is -0.0379. The van der Waals surface area contributed by atoms with Gasteiger partial charge in [0.25, 0.3) is 0 Å². The molecule has 0 amide bonds. The molecule has 0 aliphatic carbocycles. The summed E-state index contributed by atoms with van der Waals surface area (Å²) in [7, 11) is 0. The van der Waals surface area contributed by atoms with Crippen molar-refractivity contribution < 1.29 is 9.47 Å². The zero-order chi connectivity index (χ0) is 13.5. The van der Waals surface area contributed by atoms with E-state index in [1.165, 1.54) is 19.3 Å². The molecule has 0 bridgehead atoms. The maximum Gasteiger partial charge on any atom is 0.0826 e. The molecule has 4 heteroatoms. The summed E-state index contributed by atoms with van der Waals surface area (Å²) in [5.74, 6) is 0. The molecule has 2 unspecified atom stereocenters. The van der Waals surface area contributed by atoms with Gasteiger partial charge in [-0.3, -0.25) is 4.90 Å². The van der Waals surface area contributed by atoms with Crippen molar-refractivity contribution in [2.45, 2.75) is 57.8 Å². The summed E-state index contributed by atoms with van der Waals surface area (Å²) in [4.78, 5) is 2.50. The summed E-state index contributed by atoms with van der Waals surface area (Å²) in [5.41, 5.74) is 0. The normalized spacial score (nSPS) is 29.8. The predicted octanol–water partition coefficient (Wildman–Crippen LogP) is 1.64. The lowest BCUT2D eigenvalue weighted by Crippen LogP contribution is -2.49. The minimum atomic E-state index is 0.350. The average Bonchev–Trinajstić information content (AvgIpc) is 2.45. The fraction of sp³-hybridized carbons (Fsp3) is 1.00. The smallest absolute Gasteiger partial charge is 0.0826 e. The molecule has 4 nitrogen and oxygen atoms in total. The van der Waals surface area contributed by atoms with E-state index in [1.807, 2.05) is 0 Å². The first kappa shape index (κ1) is 15.2. The van der Waals surface area contributed by atoms with Gasteiger partial charge in [-0.1, -0.05) is 0 Å². The van der Waals surface area contributed by atoms with Crippen LogP contribution in [-0.2, 0) is 9.47 Å². The van der Waals surface area contributed by atoms with Crippen LogP contribution in [0.5, 0.6) is 0 Å². The van der Waals surface area contributed by atoms with Gasteiger partial charge in [-0.15, -0.1) is 0 Å². The van der Waals surface area contributed by atoms with Gasteiger partial charge in [0.05, 0.1) is 18.8 Å². The van der Waals surface area contributed by atoms with Crippen LogP contribution >= 0.6 is 0 Å². The molecule has 0 radical (unpaired) electrons. The number of nitrogens with one attached hydrogen (secondary N) is 1. The SMILES string of the molecule is CC(C)N1CCOC(CNCCC2CCCCO2)C1. The molecule has 0 saturated carbocycles. The summed E-state index contributed by atoms with van der Waals surface area (Å²) in [6.07, 6.45) is 5.79. The summed E-state index contributed by atoms with van der Waals surface area (Å²) in [5, 5.41) is 3.53. The molecule has 0 spiro atoms. The topological polar surface area (TPSA) is 33.7 Å². The van der Waals surface area contributed by atoms with E-state index in [0.29, 0.717) is 18.2 Å². The average molecular weight is 270 g/mol. The van der Waals surface area contributed by atoms with Crippen molar-refractivity contribution in [1.29, 1.82) is 0 Å². The maximum absolute atomic E-state index is 5.81. The van der Waals surface area contributed by atoms with Crippen molar-refractivity contribution in [3.05, 3.63) is 0 Å². The van der Waals surface area contributed by atoms with Gasteiger partial charge in [0.15, 0.2) is 0 Å². The number of hydrogen-bond donors (Lipinski definition) is 1. The molecule has 2 fully saturated rings. The van der Waals surface area contributed by atoms with Crippen molar-refractivity contribution in [3.8, 4) is 0 Å². The van der Waals surface area contributed by atoms with E-state index in [1.54, 1.807) is 0 Å². The Bertz CT molecular complexity index is 242. The standard InChI is InChI=1S/C15H30N2O2/c1-13(2)17-8-10-19-15(12-17)11-16-7-6-14-5-3-4-9-18-14/h13-16H,3-12H2,1-2H3. The fourth-order valence-corrected chi connectivity index (χ4v) is 2.90. The van der Waals surface area contributed by atoms with Crippen LogP contribution in [0, 0.1) is 0 Å². The molecule has 0 aromatic carbocycles. The van der Waals surface area contributed by atoms with Crippen LogP contribution in [0.2, 0.25) is 0 Å². The second-order valence-corrected chi connectivity index (χ2v) is 6.06. The first-order chi connectivity index (χ1) is 9.25. The summed E-state index contributed by atoms with van der Waals surface area (Å²) in [6, 6.07) is 0.627. The van der Waals surface area contributed by atoms with Crippen molar-refractivity contribution in [2.24, 2.45) is 0 Å². The molecule has 2 saturated heterocycles. The molecule has 1 N–H and O–H groups in total. The second-order valence-electron chi connectivity index (χ2n) is 6.06. The Morgan fingerprint density at radius 3 is 2.74 bits per heavy atom.